The Morgan fingerprint density at radius 2 is 1.93 bits per heavy atom. The van der Waals surface area contributed by atoms with Gasteiger partial charge in [0.25, 0.3) is 5.56 Å². The molecule has 0 saturated heterocycles. The molecule has 27 heavy (non-hydrogen) atoms. The predicted octanol–water partition coefficient (Wildman–Crippen LogP) is 3.55. The molecule has 0 atom stereocenters. The van der Waals surface area contributed by atoms with Crippen molar-refractivity contribution in [2.24, 2.45) is 0 Å². The second-order valence-electron chi connectivity index (χ2n) is 5.84. The maximum Gasteiger partial charge on any atom is 0.262 e. The van der Waals surface area contributed by atoms with Crippen molar-refractivity contribution < 1.29 is 9.53 Å². The Hall–Kier alpha value is -2.80. The van der Waals surface area contributed by atoms with Crippen LogP contribution in [0.1, 0.15) is 13.3 Å². The summed E-state index contributed by atoms with van der Waals surface area (Å²) in [6.07, 6.45) is 0.323. The van der Waals surface area contributed by atoms with Crippen molar-refractivity contribution in [2.45, 2.75) is 25.0 Å². The van der Waals surface area contributed by atoms with Gasteiger partial charge in [-0.1, -0.05) is 23.9 Å². The van der Waals surface area contributed by atoms with Crippen LogP contribution in [0.15, 0.2) is 58.5 Å². The number of carbonyl (C=O) groups is 1. The number of ether oxygens (including phenoxy) is 1. The van der Waals surface area contributed by atoms with Crippen molar-refractivity contribution in [2.75, 3.05) is 18.2 Å². The number of rotatable bonds is 7. The number of aromatic nitrogens is 2. The van der Waals surface area contributed by atoms with Gasteiger partial charge in [0.1, 0.15) is 5.75 Å². The zero-order valence-corrected chi connectivity index (χ0v) is 16.1. The van der Waals surface area contributed by atoms with Crippen molar-refractivity contribution in [3.05, 3.63) is 58.9 Å². The Labute approximate surface area is 161 Å². The number of benzene rings is 2. The summed E-state index contributed by atoms with van der Waals surface area (Å²) in [7, 11) is 1.60. The van der Waals surface area contributed by atoms with Crippen molar-refractivity contribution in [1.82, 2.24) is 9.55 Å². The molecule has 1 aromatic heterocycles. The molecule has 1 N–H and O–H groups in total. The summed E-state index contributed by atoms with van der Waals surface area (Å²) in [6.45, 7) is 2.45. The van der Waals surface area contributed by atoms with Gasteiger partial charge in [-0.25, -0.2) is 4.98 Å². The van der Waals surface area contributed by atoms with Crippen LogP contribution in [0.3, 0.4) is 0 Å². The van der Waals surface area contributed by atoms with E-state index in [-0.39, 0.29) is 11.5 Å². The largest absolute Gasteiger partial charge is 0.497 e. The van der Waals surface area contributed by atoms with Crippen LogP contribution in [0.2, 0.25) is 0 Å². The zero-order valence-electron chi connectivity index (χ0n) is 15.3. The van der Waals surface area contributed by atoms with Crippen LogP contribution >= 0.6 is 11.8 Å². The number of hydrogen-bond acceptors (Lipinski definition) is 5. The fourth-order valence-electron chi connectivity index (χ4n) is 2.67. The molecule has 1 amide bonds. The molecule has 3 rings (SSSR count). The second kappa shape index (κ2) is 8.73. The lowest BCUT2D eigenvalue weighted by Gasteiger charge is -2.11. The molecule has 0 aliphatic rings. The van der Waals surface area contributed by atoms with Crippen molar-refractivity contribution in [3.8, 4) is 5.75 Å². The molecule has 0 fully saturated rings. The van der Waals surface area contributed by atoms with Crippen molar-refractivity contribution >= 4 is 34.3 Å². The molecule has 2 aromatic carbocycles. The topological polar surface area (TPSA) is 73.2 Å². The molecule has 0 aliphatic heterocycles. The van der Waals surface area contributed by atoms with E-state index >= 15 is 0 Å². The van der Waals surface area contributed by atoms with Gasteiger partial charge >= 0.3 is 0 Å². The monoisotopic (exact) mass is 383 g/mol. The van der Waals surface area contributed by atoms with Crippen molar-refractivity contribution in [3.63, 3.8) is 0 Å². The quantitative estimate of drug-likeness (QED) is 0.499. The van der Waals surface area contributed by atoms with Crippen LogP contribution in [0.4, 0.5) is 5.69 Å². The number of amides is 1. The van der Waals surface area contributed by atoms with Gasteiger partial charge in [0.2, 0.25) is 5.91 Å². The van der Waals surface area contributed by atoms with Crippen LogP contribution < -0.4 is 15.6 Å². The lowest BCUT2D eigenvalue weighted by molar-refractivity contribution is -0.115. The van der Waals surface area contributed by atoms with Crippen LogP contribution in [-0.2, 0) is 11.3 Å². The zero-order chi connectivity index (χ0) is 19.2. The van der Waals surface area contributed by atoms with Crippen LogP contribution in [0.5, 0.6) is 5.75 Å². The lowest BCUT2D eigenvalue weighted by atomic mass is 10.2. The van der Waals surface area contributed by atoms with Crippen LogP contribution in [0.25, 0.3) is 10.9 Å². The van der Waals surface area contributed by atoms with E-state index in [1.807, 2.05) is 25.1 Å². The maximum absolute atomic E-state index is 12.6. The Bertz CT molecular complexity index is 1000. The van der Waals surface area contributed by atoms with Gasteiger partial charge in [0, 0.05) is 24.4 Å². The molecular formula is C20H21N3O3S. The molecule has 3 aromatic rings. The first-order valence-corrected chi connectivity index (χ1v) is 9.67. The highest BCUT2D eigenvalue weighted by atomic mass is 32.2. The predicted molar refractivity (Wildman–Crippen MR) is 109 cm³/mol. The standard InChI is InChI=1S/C20H21N3O3S/c1-3-23-19(25)16-6-4-5-7-17(16)22-20(23)27-13-12-18(24)21-14-8-10-15(26-2)11-9-14/h4-11H,3,12-13H2,1-2H3,(H,21,24). The van der Waals surface area contributed by atoms with Crippen LogP contribution in [-0.4, -0.2) is 28.3 Å². The van der Waals surface area contributed by atoms with Crippen molar-refractivity contribution in [1.29, 1.82) is 0 Å². The number of nitrogens with one attached hydrogen (secondary N) is 1. The van der Waals surface area contributed by atoms with E-state index in [9.17, 15) is 9.59 Å². The smallest absolute Gasteiger partial charge is 0.262 e. The Kier molecular flexibility index (Phi) is 6.13. The fourth-order valence-corrected chi connectivity index (χ4v) is 3.67. The van der Waals surface area contributed by atoms with E-state index in [1.54, 1.807) is 42.0 Å². The van der Waals surface area contributed by atoms with Gasteiger partial charge in [0.15, 0.2) is 5.16 Å². The maximum atomic E-state index is 12.6. The van der Waals surface area contributed by atoms with Gasteiger partial charge in [-0.2, -0.15) is 0 Å². The highest BCUT2D eigenvalue weighted by molar-refractivity contribution is 7.99. The van der Waals surface area contributed by atoms with E-state index < -0.39 is 0 Å². The summed E-state index contributed by atoms with van der Waals surface area (Å²) < 4.78 is 6.75. The van der Waals surface area contributed by atoms with E-state index in [2.05, 4.69) is 10.3 Å². The molecule has 140 valence electrons. The Balaban J connectivity index is 1.64. The highest BCUT2D eigenvalue weighted by Gasteiger charge is 2.11. The molecule has 1 heterocycles. The van der Waals surface area contributed by atoms with E-state index in [1.165, 1.54) is 11.8 Å². The molecule has 0 aliphatic carbocycles. The van der Waals surface area contributed by atoms with Gasteiger partial charge < -0.3 is 10.1 Å². The number of thioether (sulfide) groups is 1. The first-order valence-electron chi connectivity index (χ1n) is 8.68. The summed E-state index contributed by atoms with van der Waals surface area (Å²) >= 11 is 1.42. The van der Waals surface area contributed by atoms with E-state index in [4.69, 9.17) is 4.74 Å². The number of anilines is 1. The summed E-state index contributed by atoms with van der Waals surface area (Å²) in [4.78, 5) is 29.3. The summed E-state index contributed by atoms with van der Waals surface area (Å²) in [5.41, 5.74) is 1.35. The normalized spacial score (nSPS) is 10.7. The average molecular weight is 383 g/mol. The minimum absolute atomic E-state index is 0.0479. The summed E-state index contributed by atoms with van der Waals surface area (Å²) in [5, 5.41) is 4.10. The fraction of sp³-hybridized carbons (Fsp3) is 0.250. The third-order valence-electron chi connectivity index (χ3n) is 4.08. The third kappa shape index (κ3) is 4.49. The van der Waals surface area contributed by atoms with Gasteiger partial charge in [-0.05, 0) is 43.3 Å². The average Bonchev–Trinajstić information content (AvgIpc) is 2.69. The molecule has 6 nitrogen and oxygen atoms in total. The number of methoxy groups -OCH3 is 1. The molecule has 0 radical (unpaired) electrons. The molecular weight excluding hydrogens is 362 g/mol. The molecule has 0 bridgehead atoms. The number of nitrogens with zero attached hydrogens (tertiary/aromatic N) is 2. The van der Waals surface area contributed by atoms with E-state index in [0.29, 0.717) is 34.8 Å². The molecule has 7 heteroatoms. The highest BCUT2D eigenvalue weighted by Crippen LogP contribution is 2.19. The van der Waals surface area contributed by atoms with Gasteiger partial charge in [-0.3, -0.25) is 14.2 Å². The minimum Gasteiger partial charge on any atom is -0.497 e. The Morgan fingerprint density at radius 1 is 1.19 bits per heavy atom. The first kappa shape index (κ1) is 19.0. The number of hydrogen-bond donors (Lipinski definition) is 1. The Morgan fingerprint density at radius 3 is 2.63 bits per heavy atom. The lowest BCUT2D eigenvalue weighted by Crippen LogP contribution is -2.22. The number of carbonyl (C=O) groups excluding carboxylic acids is 1. The number of fused-ring (bicyclic) bond motifs is 1. The SMILES string of the molecule is CCn1c(SCCC(=O)Nc2ccc(OC)cc2)nc2ccccc2c1=O. The minimum atomic E-state index is -0.0844. The van der Waals surface area contributed by atoms with E-state index in [0.717, 1.165) is 11.4 Å². The number of para-hydroxylation sites is 1. The molecule has 0 unspecified atom stereocenters. The third-order valence-corrected chi connectivity index (χ3v) is 5.06. The van der Waals surface area contributed by atoms with Gasteiger partial charge in [-0.15, -0.1) is 0 Å². The van der Waals surface area contributed by atoms with Crippen LogP contribution in [0, 0.1) is 0 Å². The first-order chi connectivity index (χ1) is 13.1. The molecule has 0 saturated carbocycles. The summed E-state index contributed by atoms with van der Waals surface area (Å²) in [6, 6.07) is 14.5. The second-order valence-corrected chi connectivity index (χ2v) is 6.90. The molecule has 0 spiro atoms. The van der Waals surface area contributed by atoms with Gasteiger partial charge in [0.05, 0.1) is 18.0 Å². The summed E-state index contributed by atoms with van der Waals surface area (Å²) in [5.74, 6) is 1.19.